The summed E-state index contributed by atoms with van der Waals surface area (Å²) in [6.07, 6.45) is 7.04. The molecule has 80 valence electrons. The highest BCUT2D eigenvalue weighted by molar-refractivity contribution is 9.10. The van der Waals surface area contributed by atoms with Crippen LogP contribution in [0.4, 0.5) is 0 Å². The summed E-state index contributed by atoms with van der Waals surface area (Å²) in [4.78, 5) is 5.62. The Bertz CT molecular complexity index is 374. The molecule has 0 spiro atoms. The summed E-state index contributed by atoms with van der Waals surface area (Å²) in [5.74, 6) is 0.646. The molecule has 0 radical (unpaired) electrons. The summed E-state index contributed by atoms with van der Waals surface area (Å²) >= 11 is 5.14. The van der Waals surface area contributed by atoms with Crippen LogP contribution in [0.25, 0.3) is 0 Å². The highest BCUT2D eigenvalue weighted by atomic mass is 79.9. The predicted octanol–water partition coefficient (Wildman–Crippen LogP) is 4.02. The molecule has 0 aromatic carbocycles. The maximum absolute atomic E-state index is 8.67. The van der Waals surface area contributed by atoms with Crippen molar-refractivity contribution in [3.8, 4) is 6.07 Å². The smallest absolute Gasteiger partial charge is 0.121 e. The molecule has 1 fully saturated rings. The minimum absolute atomic E-state index is 0.477. The van der Waals surface area contributed by atoms with Crippen molar-refractivity contribution in [1.82, 2.24) is 4.98 Å². The van der Waals surface area contributed by atoms with Crippen LogP contribution in [-0.2, 0) is 6.42 Å². The van der Waals surface area contributed by atoms with Crippen molar-refractivity contribution < 1.29 is 0 Å². The van der Waals surface area contributed by atoms with Crippen LogP contribution < -0.4 is 0 Å². The molecule has 2 rings (SSSR count). The Kier molecular flexibility index (Phi) is 3.76. The first-order chi connectivity index (χ1) is 7.31. The van der Waals surface area contributed by atoms with Gasteiger partial charge in [0.15, 0.2) is 0 Å². The Hall–Kier alpha value is -0.400. The van der Waals surface area contributed by atoms with Crippen molar-refractivity contribution in [2.45, 2.75) is 44.4 Å². The van der Waals surface area contributed by atoms with Gasteiger partial charge in [-0.05, 0) is 28.8 Å². The zero-order valence-electron chi connectivity index (χ0n) is 8.50. The highest BCUT2D eigenvalue weighted by Crippen LogP contribution is 2.37. The van der Waals surface area contributed by atoms with Crippen molar-refractivity contribution in [2.75, 3.05) is 0 Å². The lowest BCUT2D eigenvalue weighted by molar-refractivity contribution is 0.442. The van der Waals surface area contributed by atoms with Crippen LogP contribution in [-0.4, -0.2) is 4.98 Å². The third kappa shape index (κ3) is 2.59. The van der Waals surface area contributed by atoms with E-state index in [2.05, 4.69) is 27.0 Å². The Morgan fingerprint density at radius 2 is 2.13 bits per heavy atom. The first-order valence-corrected chi connectivity index (χ1v) is 6.94. The molecule has 0 N–H and O–H groups in total. The van der Waals surface area contributed by atoms with Gasteiger partial charge in [-0.1, -0.05) is 19.3 Å². The lowest BCUT2D eigenvalue weighted by Crippen LogP contribution is -2.03. The van der Waals surface area contributed by atoms with Crippen LogP contribution in [0, 0.1) is 11.3 Å². The van der Waals surface area contributed by atoms with Gasteiger partial charge in [-0.3, -0.25) is 0 Å². The van der Waals surface area contributed by atoms with Crippen molar-refractivity contribution in [3.05, 3.63) is 14.5 Å². The SMILES string of the molecule is N#CCc1sc(C2CCCCC2)nc1Br. The lowest BCUT2D eigenvalue weighted by Gasteiger charge is -2.18. The van der Waals surface area contributed by atoms with E-state index < -0.39 is 0 Å². The molecule has 0 amide bonds. The molecule has 0 bridgehead atoms. The summed E-state index contributed by atoms with van der Waals surface area (Å²) < 4.78 is 0.884. The second-order valence-electron chi connectivity index (χ2n) is 3.94. The fraction of sp³-hybridized carbons (Fsp3) is 0.636. The van der Waals surface area contributed by atoms with Crippen molar-refractivity contribution >= 4 is 27.3 Å². The maximum Gasteiger partial charge on any atom is 0.121 e. The molecule has 0 unspecified atom stereocenters. The van der Waals surface area contributed by atoms with Crippen LogP contribution in [0.3, 0.4) is 0 Å². The van der Waals surface area contributed by atoms with Crippen LogP contribution in [0.15, 0.2) is 4.60 Å². The Morgan fingerprint density at radius 1 is 1.40 bits per heavy atom. The number of nitriles is 1. The van der Waals surface area contributed by atoms with E-state index in [-0.39, 0.29) is 0 Å². The van der Waals surface area contributed by atoms with Crippen LogP contribution >= 0.6 is 27.3 Å². The van der Waals surface area contributed by atoms with Gasteiger partial charge in [0, 0.05) is 5.92 Å². The van der Waals surface area contributed by atoms with E-state index in [4.69, 9.17) is 5.26 Å². The molecule has 1 aromatic rings. The Balaban J connectivity index is 2.14. The molecule has 1 saturated carbocycles. The molecule has 1 aliphatic rings. The van der Waals surface area contributed by atoms with E-state index in [9.17, 15) is 0 Å². The lowest BCUT2D eigenvalue weighted by atomic mass is 9.90. The number of halogens is 1. The molecule has 2 nitrogen and oxygen atoms in total. The molecule has 0 saturated heterocycles. The van der Waals surface area contributed by atoms with E-state index in [1.807, 2.05) is 0 Å². The average molecular weight is 285 g/mol. The molecule has 0 atom stereocenters. The van der Waals surface area contributed by atoms with E-state index in [0.29, 0.717) is 12.3 Å². The zero-order valence-corrected chi connectivity index (χ0v) is 10.9. The summed E-state index contributed by atoms with van der Waals surface area (Å²) in [6, 6.07) is 2.18. The molecule has 4 heteroatoms. The minimum Gasteiger partial charge on any atom is -0.234 e. The fourth-order valence-electron chi connectivity index (χ4n) is 2.06. The number of thiazole rings is 1. The van der Waals surface area contributed by atoms with E-state index in [1.54, 1.807) is 11.3 Å². The predicted molar refractivity (Wildman–Crippen MR) is 65.0 cm³/mol. The van der Waals surface area contributed by atoms with E-state index >= 15 is 0 Å². The number of hydrogen-bond acceptors (Lipinski definition) is 3. The first-order valence-electron chi connectivity index (χ1n) is 5.33. The number of rotatable bonds is 2. The quantitative estimate of drug-likeness (QED) is 0.823. The van der Waals surface area contributed by atoms with Crippen molar-refractivity contribution in [3.63, 3.8) is 0 Å². The molecule has 15 heavy (non-hydrogen) atoms. The Morgan fingerprint density at radius 3 is 2.80 bits per heavy atom. The van der Waals surface area contributed by atoms with Crippen molar-refractivity contribution in [1.29, 1.82) is 5.26 Å². The van der Waals surface area contributed by atoms with Gasteiger partial charge >= 0.3 is 0 Å². The van der Waals surface area contributed by atoms with Gasteiger partial charge in [0.05, 0.1) is 22.4 Å². The van der Waals surface area contributed by atoms with Gasteiger partial charge in [0.25, 0.3) is 0 Å². The summed E-state index contributed by atoms with van der Waals surface area (Å²) in [7, 11) is 0. The first kappa shape index (κ1) is 11.1. The van der Waals surface area contributed by atoms with Crippen molar-refractivity contribution in [2.24, 2.45) is 0 Å². The van der Waals surface area contributed by atoms with E-state index in [1.165, 1.54) is 37.1 Å². The standard InChI is InChI=1S/C11H13BrN2S/c12-10-9(6-7-13)15-11(14-10)8-4-2-1-3-5-8/h8H,1-6H2. The molecular formula is C11H13BrN2S. The molecular weight excluding hydrogens is 272 g/mol. The maximum atomic E-state index is 8.67. The van der Waals surface area contributed by atoms with Gasteiger partial charge in [-0.2, -0.15) is 5.26 Å². The largest absolute Gasteiger partial charge is 0.234 e. The van der Waals surface area contributed by atoms with Gasteiger partial charge in [-0.25, -0.2) is 4.98 Å². The van der Waals surface area contributed by atoms with Crippen LogP contribution in [0.5, 0.6) is 0 Å². The van der Waals surface area contributed by atoms with Gasteiger partial charge in [0.1, 0.15) is 4.60 Å². The zero-order chi connectivity index (χ0) is 10.7. The molecule has 1 aliphatic carbocycles. The second-order valence-corrected chi connectivity index (χ2v) is 5.80. The normalized spacial score (nSPS) is 17.6. The Labute approximate surface area is 102 Å². The molecule has 1 heterocycles. The monoisotopic (exact) mass is 284 g/mol. The summed E-state index contributed by atoms with van der Waals surface area (Å²) in [6.45, 7) is 0. The highest BCUT2D eigenvalue weighted by Gasteiger charge is 2.20. The van der Waals surface area contributed by atoms with Crippen LogP contribution in [0.1, 0.15) is 47.9 Å². The average Bonchev–Trinajstić information content (AvgIpc) is 2.63. The number of hydrogen-bond donors (Lipinski definition) is 0. The minimum atomic E-state index is 0.477. The summed E-state index contributed by atoms with van der Waals surface area (Å²) in [5.41, 5.74) is 0. The third-order valence-corrected chi connectivity index (χ3v) is 5.00. The van der Waals surface area contributed by atoms with Gasteiger partial charge in [0.2, 0.25) is 0 Å². The number of aromatic nitrogens is 1. The topological polar surface area (TPSA) is 36.7 Å². The second kappa shape index (κ2) is 5.09. The van der Waals surface area contributed by atoms with E-state index in [0.717, 1.165) is 9.48 Å². The summed E-state index contributed by atoms with van der Waals surface area (Å²) in [5, 5.41) is 9.90. The molecule has 0 aliphatic heterocycles. The fourth-order valence-corrected chi connectivity index (χ4v) is 3.80. The number of nitrogens with zero attached hydrogens (tertiary/aromatic N) is 2. The van der Waals surface area contributed by atoms with Gasteiger partial charge < -0.3 is 0 Å². The van der Waals surface area contributed by atoms with Crippen LogP contribution in [0.2, 0.25) is 0 Å². The molecule has 1 aromatic heterocycles. The van der Waals surface area contributed by atoms with Gasteiger partial charge in [-0.15, -0.1) is 11.3 Å². The third-order valence-electron chi connectivity index (χ3n) is 2.86.